The van der Waals surface area contributed by atoms with Gasteiger partial charge in [0.2, 0.25) is 11.8 Å². The van der Waals surface area contributed by atoms with Crippen LogP contribution in [0.4, 0.5) is 10.1 Å². The first-order valence-electron chi connectivity index (χ1n) is 12.9. The molecule has 5 rings (SSSR count). The minimum atomic E-state index is -1.17. The lowest BCUT2D eigenvalue weighted by Crippen LogP contribution is -2.47. The van der Waals surface area contributed by atoms with E-state index in [0.717, 1.165) is 25.7 Å². The average Bonchev–Trinajstić information content (AvgIpc) is 3.59. The van der Waals surface area contributed by atoms with Crippen LogP contribution in [0, 0.1) is 5.82 Å². The lowest BCUT2D eigenvalue weighted by Gasteiger charge is -2.33. The topological polar surface area (TPSA) is 89.4 Å². The van der Waals surface area contributed by atoms with Crippen molar-refractivity contribution in [1.82, 2.24) is 20.3 Å². The van der Waals surface area contributed by atoms with E-state index < -0.39 is 17.8 Å². The highest BCUT2D eigenvalue weighted by molar-refractivity contribution is 6.02. The van der Waals surface area contributed by atoms with Gasteiger partial charge in [0.15, 0.2) is 0 Å². The highest BCUT2D eigenvalue weighted by atomic mass is 19.1. The number of nitrogens with zero attached hydrogens (tertiary/aromatic N) is 4. The first-order chi connectivity index (χ1) is 18.6. The molecule has 2 amide bonds. The highest BCUT2D eigenvalue weighted by Crippen LogP contribution is 2.35. The second-order valence-electron chi connectivity index (χ2n) is 9.31. The third-order valence-corrected chi connectivity index (χ3v) is 6.81. The van der Waals surface area contributed by atoms with Crippen molar-refractivity contribution in [3.8, 4) is 5.75 Å². The van der Waals surface area contributed by atoms with Crippen LogP contribution >= 0.6 is 0 Å². The maximum Gasteiger partial charge on any atom is 0.249 e. The summed E-state index contributed by atoms with van der Waals surface area (Å²) in [6.45, 7) is 1.98. The van der Waals surface area contributed by atoms with E-state index in [9.17, 15) is 9.59 Å². The van der Waals surface area contributed by atoms with Gasteiger partial charge in [-0.25, -0.2) is 9.07 Å². The summed E-state index contributed by atoms with van der Waals surface area (Å²) in [7, 11) is 0. The normalized spacial score (nSPS) is 14.4. The van der Waals surface area contributed by atoms with Gasteiger partial charge in [-0.15, -0.1) is 5.10 Å². The molecule has 8 nitrogen and oxygen atoms in total. The van der Waals surface area contributed by atoms with E-state index >= 15 is 4.39 Å². The number of anilines is 1. The van der Waals surface area contributed by atoms with E-state index in [1.807, 2.05) is 25.1 Å². The molecule has 1 unspecified atom stereocenters. The van der Waals surface area contributed by atoms with Crippen LogP contribution in [0.25, 0.3) is 11.0 Å². The molecule has 1 heterocycles. The third-order valence-electron chi connectivity index (χ3n) is 6.81. The molecule has 1 aromatic heterocycles. The van der Waals surface area contributed by atoms with Crippen LogP contribution in [0.3, 0.4) is 0 Å². The molecule has 9 heteroatoms. The number of carbonyl (C=O) groups is 2. The number of aromatic nitrogens is 3. The van der Waals surface area contributed by atoms with Crippen molar-refractivity contribution in [2.45, 2.75) is 51.2 Å². The van der Waals surface area contributed by atoms with Crippen LogP contribution < -0.4 is 15.0 Å². The Morgan fingerprint density at radius 2 is 1.76 bits per heavy atom. The average molecular weight is 516 g/mol. The van der Waals surface area contributed by atoms with Gasteiger partial charge in [0, 0.05) is 11.6 Å². The Morgan fingerprint density at radius 3 is 2.55 bits per heavy atom. The zero-order valence-corrected chi connectivity index (χ0v) is 21.2. The Balaban J connectivity index is 1.62. The Kier molecular flexibility index (Phi) is 7.62. The second-order valence-corrected chi connectivity index (χ2v) is 9.31. The number of benzene rings is 3. The SMILES string of the molecule is CCOc1ccccc1C(C(=O)NC1CCCC1)N(C(=O)Cn1nnc2ccccc21)c1ccccc1F. The van der Waals surface area contributed by atoms with E-state index in [1.54, 1.807) is 42.5 Å². The lowest BCUT2D eigenvalue weighted by molar-refractivity contribution is -0.127. The fraction of sp³-hybridized carbons (Fsp3) is 0.310. The summed E-state index contributed by atoms with van der Waals surface area (Å²) in [5.41, 5.74) is 1.77. The zero-order chi connectivity index (χ0) is 26.5. The quantitative estimate of drug-likeness (QED) is 0.346. The molecule has 1 saturated carbocycles. The maximum atomic E-state index is 15.3. The molecule has 0 radical (unpaired) electrons. The minimum Gasteiger partial charge on any atom is -0.493 e. The number of halogens is 1. The largest absolute Gasteiger partial charge is 0.493 e. The van der Waals surface area contributed by atoms with Crippen LogP contribution in [-0.2, 0) is 16.1 Å². The fourth-order valence-electron chi connectivity index (χ4n) is 5.04. The van der Waals surface area contributed by atoms with Gasteiger partial charge in [0.25, 0.3) is 0 Å². The van der Waals surface area contributed by atoms with E-state index in [1.165, 1.54) is 21.7 Å². The predicted molar refractivity (Wildman–Crippen MR) is 142 cm³/mol. The van der Waals surface area contributed by atoms with Crippen LogP contribution in [-0.4, -0.2) is 39.5 Å². The summed E-state index contributed by atoms with van der Waals surface area (Å²) in [6.07, 6.45) is 3.79. The molecule has 0 aliphatic heterocycles. The molecular formula is C29H30FN5O3. The highest BCUT2D eigenvalue weighted by Gasteiger charge is 2.37. The molecule has 38 heavy (non-hydrogen) atoms. The standard InChI is InChI=1S/C29H30FN5O3/c1-2-38-26-18-10-5-13-21(26)28(29(37)31-20-11-3-4-12-20)35(24-16-8-6-14-22(24)30)27(36)19-34-25-17-9-7-15-23(25)32-33-34/h5-10,13-18,20,28H,2-4,11-12,19H2,1H3,(H,31,37). The van der Waals surface area contributed by atoms with Gasteiger partial charge in [0.05, 0.1) is 17.8 Å². The smallest absolute Gasteiger partial charge is 0.249 e. The number of para-hydroxylation sites is 3. The second kappa shape index (κ2) is 11.4. The van der Waals surface area contributed by atoms with Gasteiger partial charge in [-0.1, -0.05) is 60.5 Å². The number of ether oxygens (including phenoxy) is 1. The first kappa shape index (κ1) is 25.4. The van der Waals surface area contributed by atoms with Crippen LogP contribution in [0.15, 0.2) is 72.8 Å². The summed E-state index contributed by atoms with van der Waals surface area (Å²) < 4.78 is 22.7. The zero-order valence-electron chi connectivity index (χ0n) is 21.2. The Bertz CT molecular complexity index is 1430. The first-order valence-corrected chi connectivity index (χ1v) is 12.9. The van der Waals surface area contributed by atoms with E-state index in [2.05, 4.69) is 15.6 Å². The van der Waals surface area contributed by atoms with Crippen molar-refractivity contribution in [3.05, 3.63) is 84.2 Å². The van der Waals surface area contributed by atoms with Gasteiger partial charge in [-0.05, 0) is 50.1 Å². The Labute approximate surface area is 220 Å². The summed E-state index contributed by atoms with van der Waals surface area (Å²) in [4.78, 5) is 29.3. The van der Waals surface area contributed by atoms with Crippen LogP contribution in [0.1, 0.15) is 44.2 Å². The minimum absolute atomic E-state index is 0.000190. The molecule has 1 aliphatic carbocycles. The summed E-state index contributed by atoms with van der Waals surface area (Å²) >= 11 is 0. The molecule has 0 bridgehead atoms. The molecule has 3 aromatic carbocycles. The molecule has 1 fully saturated rings. The van der Waals surface area contributed by atoms with E-state index in [0.29, 0.717) is 29.0 Å². The van der Waals surface area contributed by atoms with Crippen LogP contribution in [0.5, 0.6) is 5.75 Å². The van der Waals surface area contributed by atoms with Crippen molar-refractivity contribution in [3.63, 3.8) is 0 Å². The number of nitrogens with one attached hydrogen (secondary N) is 1. The predicted octanol–water partition coefficient (Wildman–Crippen LogP) is 4.80. The number of hydrogen-bond donors (Lipinski definition) is 1. The fourth-order valence-corrected chi connectivity index (χ4v) is 5.04. The summed E-state index contributed by atoms with van der Waals surface area (Å²) in [5.74, 6) is -1.05. The van der Waals surface area contributed by atoms with Crippen LogP contribution in [0.2, 0.25) is 0 Å². The van der Waals surface area contributed by atoms with E-state index in [-0.39, 0.29) is 24.2 Å². The molecular weight excluding hydrogens is 485 g/mol. The molecule has 1 atom stereocenters. The van der Waals surface area contributed by atoms with Gasteiger partial charge in [0.1, 0.15) is 29.7 Å². The molecule has 0 spiro atoms. The number of fused-ring (bicyclic) bond motifs is 1. The Hall–Kier alpha value is -4.27. The molecule has 1 aliphatic rings. The summed E-state index contributed by atoms with van der Waals surface area (Å²) in [5, 5.41) is 11.4. The van der Waals surface area contributed by atoms with Crippen molar-refractivity contribution < 1.29 is 18.7 Å². The Morgan fingerprint density at radius 1 is 1.05 bits per heavy atom. The number of rotatable bonds is 9. The van der Waals surface area contributed by atoms with Gasteiger partial charge < -0.3 is 10.1 Å². The maximum absolute atomic E-state index is 15.3. The number of hydrogen-bond acceptors (Lipinski definition) is 5. The van der Waals surface area contributed by atoms with Crippen molar-refractivity contribution in [2.24, 2.45) is 0 Å². The van der Waals surface area contributed by atoms with Crippen molar-refractivity contribution >= 4 is 28.5 Å². The lowest BCUT2D eigenvalue weighted by atomic mass is 10.0. The van der Waals surface area contributed by atoms with Gasteiger partial charge in [-0.3, -0.25) is 14.5 Å². The molecule has 196 valence electrons. The molecule has 4 aromatic rings. The third kappa shape index (κ3) is 5.22. The van der Waals surface area contributed by atoms with Crippen molar-refractivity contribution in [1.29, 1.82) is 0 Å². The van der Waals surface area contributed by atoms with Gasteiger partial charge in [-0.2, -0.15) is 0 Å². The number of amides is 2. The van der Waals surface area contributed by atoms with Crippen molar-refractivity contribution in [2.75, 3.05) is 11.5 Å². The summed E-state index contributed by atoms with van der Waals surface area (Å²) in [6, 6.07) is 19.2. The molecule has 0 saturated heterocycles. The van der Waals surface area contributed by atoms with Gasteiger partial charge >= 0.3 is 0 Å². The van der Waals surface area contributed by atoms with E-state index in [4.69, 9.17) is 4.74 Å². The number of carbonyl (C=O) groups excluding carboxylic acids is 2. The monoisotopic (exact) mass is 515 g/mol. The molecule has 1 N–H and O–H groups in total.